The van der Waals surface area contributed by atoms with E-state index in [-0.39, 0.29) is 0 Å². The molecule has 0 amide bonds. The van der Waals surface area contributed by atoms with E-state index in [0.29, 0.717) is 6.61 Å². The molecule has 14 heavy (non-hydrogen) atoms. The van der Waals surface area contributed by atoms with Crippen molar-refractivity contribution < 1.29 is 9.15 Å². The predicted octanol–water partition coefficient (Wildman–Crippen LogP) is 3.62. The van der Waals surface area contributed by atoms with Gasteiger partial charge in [0.25, 0.3) is 0 Å². The summed E-state index contributed by atoms with van der Waals surface area (Å²) < 4.78 is 11.7. The molecule has 2 nitrogen and oxygen atoms in total. The quantitative estimate of drug-likeness (QED) is 0.833. The summed E-state index contributed by atoms with van der Waals surface area (Å²) in [6, 6.07) is 11.5. The molecule has 72 valence electrons. The molecule has 0 N–H and O–H groups in total. The highest BCUT2D eigenvalue weighted by Gasteiger charge is 1.97. The van der Waals surface area contributed by atoms with E-state index in [1.54, 1.807) is 6.26 Å². The van der Waals surface area contributed by atoms with Crippen molar-refractivity contribution in [2.45, 2.75) is 6.61 Å². The normalized spacial score (nSPS) is 10.1. The molecule has 1 heterocycles. The van der Waals surface area contributed by atoms with Gasteiger partial charge in [-0.25, -0.2) is 0 Å². The van der Waals surface area contributed by atoms with Crippen LogP contribution in [-0.4, -0.2) is 0 Å². The zero-order valence-electron chi connectivity index (χ0n) is 7.44. The fourth-order valence-electron chi connectivity index (χ4n) is 1.11. The number of benzene rings is 1. The van der Waals surface area contributed by atoms with Crippen molar-refractivity contribution in [2.24, 2.45) is 0 Å². The van der Waals surface area contributed by atoms with Crippen molar-refractivity contribution in [1.82, 2.24) is 0 Å². The van der Waals surface area contributed by atoms with Gasteiger partial charge in [-0.1, -0.05) is 22.0 Å². The molecule has 0 saturated carbocycles. The van der Waals surface area contributed by atoms with Crippen LogP contribution in [0, 0.1) is 0 Å². The molecule has 2 rings (SSSR count). The molecule has 0 spiro atoms. The van der Waals surface area contributed by atoms with Crippen LogP contribution < -0.4 is 4.74 Å². The van der Waals surface area contributed by atoms with Gasteiger partial charge in [0, 0.05) is 4.47 Å². The maximum absolute atomic E-state index is 5.51. The average molecular weight is 253 g/mol. The monoisotopic (exact) mass is 252 g/mol. The molecule has 0 fully saturated rings. The lowest BCUT2D eigenvalue weighted by Gasteiger charge is -2.03. The molecule has 0 bridgehead atoms. The molecule has 0 saturated heterocycles. The van der Waals surface area contributed by atoms with Crippen LogP contribution >= 0.6 is 15.9 Å². The summed E-state index contributed by atoms with van der Waals surface area (Å²) >= 11 is 3.38. The van der Waals surface area contributed by atoms with Gasteiger partial charge in [-0.05, 0) is 30.3 Å². The Morgan fingerprint density at radius 2 is 2.14 bits per heavy atom. The van der Waals surface area contributed by atoms with Gasteiger partial charge in [0.05, 0.1) is 6.26 Å². The van der Waals surface area contributed by atoms with Crippen molar-refractivity contribution >= 4 is 15.9 Å². The molecule has 1 aromatic heterocycles. The molecule has 3 heteroatoms. The third-order valence-electron chi connectivity index (χ3n) is 1.76. The van der Waals surface area contributed by atoms with Gasteiger partial charge in [-0.15, -0.1) is 0 Å². The van der Waals surface area contributed by atoms with Crippen LogP contribution in [-0.2, 0) is 6.61 Å². The summed E-state index contributed by atoms with van der Waals surface area (Å²) in [5, 5.41) is 0. The van der Waals surface area contributed by atoms with Crippen LogP contribution in [0.5, 0.6) is 5.75 Å². The van der Waals surface area contributed by atoms with Crippen LogP contribution in [0.4, 0.5) is 0 Å². The molecular weight excluding hydrogens is 244 g/mol. The van der Waals surface area contributed by atoms with Crippen LogP contribution in [0.15, 0.2) is 51.6 Å². The lowest BCUT2D eigenvalue weighted by molar-refractivity contribution is 0.270. The Bertz CT molecular complexity index is 395. The van der Waals surface area contributed by atoms with Gasteiger partial charge >= 0.3 is 0 Å². The van der Waals surface area contributed by atoms with Crippen molar-refractivity contribution in [3.63, 3.8) is 0 Å². The SMILES string of the molecule is Brc1cccc(OCc2ccco2)c1. The second-order valence-electron chi connectivity index (χ2n) is 2.83. The van der Waals surface area contributed by atoms with Gasteiger partial charge in [-0.2, -0.15) is 0 Å². The van der Waals surface area contributed by atoms with Gasteiger partial charge in [0.1, 0.15) is 18.1 Å². The zero-order valence-corrected chi connectivity index (χ0v) is 9.03. The summed E-state index contributed by atoms with van der Waals surface area (Å²) in [6.07, 6.45) is 1.64. The van der Waals surface area contributed by atoms with Gasteiger partial charge in [0.15, 0.2) is 0 Å². The van der Waals surface area contributed by atoms with E-state index in [0.717, 1.165) is 16.0 Å². The average Bonchev–Trinajstić information content (AvgIpc) is 2.67. The van der Waals surface area contributed by atoms with E-state index in [9.17, 15) is 0 Å². The zero-order chi connectivity index (χ0) is 9.80. The Kier molecular flexibility index (Phi) is 2.89. The number of halogens is 1. The molecule has 0 unspecified atom stereocenters. The number of furan rings is 1. The number of rotatable bonds is 3. The molecule has 0 radical (unpaired) electrons. The van der Waals surface area contributed by atoms with E-state index < -0.39 is 0 Å². The van der Waals surface area contributed by atoms with E-state index in [2.05, 4.69) is 15.9 Å². The first-order valence-electron chi connectivity index (χ1n) is 4.25. The number of hydrogen-bond acceptors (Lipinski definition) is 2. The van der Waals surface area contributed by atoms with Gasteiger partial charge < -0.3 is 9.15 Å². The van der Waals surface area contributed by atoms with Gasteiger partial charge in [0.2, 0.25) is 0 Å². The van der Waals surface area contributed by atoms with Gasteiger partial charge in [-0.3, -0.25) is 0 Å². The molecule has 1 aromatic carbocycles. The third-order valence-corrected chi connectivity index (χ3v) is 2.25. The van der Waals surface area contributed by atoms with Crippen LogP contribution in [0.2, 0.25) is 0 Å². The summed E-state index contributed by atoms with van der Waals surface area (Å²) in [5.41, 5.74) is 0. The highest BCUT2D eigenvalue weighted by atomic mass is 79.9. The highest BCUT2D eigenvalue weighted by Crippen LogP contribution is 2.18. The minimum Gasteiger partial charge on any atom is -0.486 e. The Balaban J connectivity index is 1.98. The fraction of sp³-hybridized carbons (Fsp3) is 0.0909. The van der Waals surface area contributed by atoms with Crippen molar-refractivity contribution in [3.05, 3.63) is 52.9 Å². The maximum Gasteiger partial charge on any atom is 0.146 e. The first-order valence-corrected chi connectivity index (χ1v) is 5.04. The minimum atomic E-state index is 0.462. The molecule has 2 aromatic rings. The van der Waals surface area contributed by atoms with Crippen LogP contribution in [0.3, 0.4) is 0 Å². The Labute approximate surface area is 90.6 Å². The minimum absolute atomic E-state index is 0.462. The predicted molar refractivity (Wildman–Crippen MR) is 57.2 cm³/mol. The lowest BCUT2D eigenvalue weighted by Crippen LogP contribution is -1.92. The van der Waals surface area contributed by atoms with E-state index >= 15 is 0 Å². The Morgan fingerprint density at radius 1 is 1.21 bits per heavy atom. The number of ether oxygens (including phenoxy) is 1. The van der Waals surface area contributed by atoms with E-state index in [1.165, 1.54) is 0 Å². The summed E-state index contributed by atoms with van der Waals surface area (Å²) in [7, 11) is 0. The summed E-state index contributed by atoms with van der Waals surface area (Å²) in [5.74, 6) is 1.65. The summed E-state index contributed by atoms with van der Waals surface area (Å²) in [4.78, 5) is 0. The Hall–Kier alpha value is -1.22. The molecular formula is C11H9BrO2. The van der Waals surface area contributed by atoms with E-state index in [4.69, 9.17) is 9.15 Å². The fourth-order valence-corrected chi connectivity index (χ4v) is 1.48. The molecule has 0 atom stereocenters. The van der Waals surface area contributed by atoms with Crippen molar-refractivity contribution in [3.8, 4) is 5.75 Å². The number of hydrogen-bond donors (Lipinski definition) is 0. The summed E-state index contributed by atoms with van der Waals surface area (Å²) in [6.45, 7) is 0.462. The van der Waals surface area contributed by atoms with Crippen LogP contribution in [0.1, 0.15) is 5.76 Å². The third kappa shape index (κ3) is 2.39. The second-order valence-corrected chi connectivity index (χ2v) is 3.74. The Morgan fingerprint density at radius 3 is 2.86 bits per heavy atom. The molecule has 0 aliphatic heterocycles. The van der Waals surface area contributed by atoms with Crippen molar-refractivity contribution in [1.29, 1.82) is 0 Å². The van der Waals surface area contributed by atoms with Crippen LogP contribution in [0.25, 0.3) is 0 Å². The largest absolute Gasteiger partial charge is 0.486 e. The smallest absolute Gasteiger partial charge is 0.146 e. The van der Waals surface area contributed by atoms with Crippen molar-refractivity contribution in [2.75, 3.05) is 0 Å². The molecule has 0 aliphatic rings. The molecule has 0 aliphatic carbocycles. The second kappa shape index (κ2) is 4.33. The first kappa shape index (κ1) is 9.34. The maximum atomic E-state index is 5.51. The standard InChI is InChI=1S/C11H9BrO2/c12-9-3-1-4-10(7-9)14-8-11-5-2-6-13-11/h1-7H,8H2. The van der Waals surface area contributed by atoms with E-state index in [1.807, 2.05) is 36.4 Å². The highest BCUT2D eigenvalue weighted by molar-refractivity contribution is 9.10. The topological polar surface area (TPSA) is 22.4 Å². The lowest BCUT2D eigenvalue weighted by atomic mass is 10.3. The first-order chi connectivity index (χ1) is 6.84.